The zero-order chi connectivity index (χ0) is 27.0. The Hall–Kier alpha value is -5.43. The van der Waals surface area contributed by atoms with Crippen molar-refractivity contribution in [2.45, 2.75) is 19.5 Å². The van der Waals surface area contributed by atoms with Crippen LogP contribution >= 0.6 is 0 Å². The molecule has 194 valence electrons. The van der Waals surface area contributed by atoms with Crippen molar-refractivity contribution in [3.8, 4) is 40.1 Å². The largest absolute Gasteiger partial charge is 0.455 e. The van der Waals surface area contributed by atoms with E-state index in [-0.39, 0.29) is 0 Å². The first-order valence-electron chi connectivity index (χ1n) is 13.7. The van der Waals surface area contributed by atoms with Crippen molar-refractivity contribution >= 4 is 22.1 Å². The number of hydrogen-bond donors (Lipinski definition) is 0. The van der Waals surface area contributed by atoms with Gasteiger partial charge in [0.15, 0.2) is 23.1 Å². The van der Waals surface area contributed by atoms with E-state index in [9.17, 15) is 0 Å². The highest BCUT2D eigenvalue weighted by atomic mass is 16.5. The summed E-state index contributed by atoms with van der Waals surface area (Å²) in [6.45, 7) is 4.35. The topological polar surface area (TPSA) is 57.2 Å². The standard InChI is InChI=1S/C34H22N4O3/c1-19-30(23-17-16-22-21-9-3-4-11-25(21)41-33(22)35-23)20(2)38-34-31-24(37(19)38)10-7-12-26(31)39-27-13-8-14-28(32(27)34)40-29-15-5-6-18-36(29)34/h3-18H,1-2H3/q+2. The molecule has 1 spiro atoms. The minimum atomic E-state index is -0.749. The molecule has 7 heterocycles. The van der Waals surface area contributed by atoms with Crippen LogP contribution < -0.4 is 18.7 Å². The van der Waals surface area contributed by atoms with Crippen LogP contribution in [0.3, 0.4) is 0 Å². The predicted molar refractivity (Wildman–Crippen MR) is 151 cm³/mol. The molecule has 0 aliphatic carbocycles. The molecule has 0 fully saturated rings. The molecule has 3 aliphatic rings. The van der Waals surface area contributed by atoms with Crippen molar-refractivity contribution in [1.29, 1.82) is 0 Å². The van der Waals surface area contributed by atoms with E-state index in [0.717, 1.165) is 78.9 Å². The lowest BCUT2D eigenvalue weighted by Gasteiger charge is -2.31. The number of aromatic nitrogens is 4. The first-order valence-corrected chi connectivity index (χ1v) is 13.7. The molecule has 4 aromatic heterocycles. The number of hydrogen-bond acceptors (Lipinski definition) is 4. The van der Waals surface area contributed by atoms with E-state index < -0.39 is 5.66 Å². The fourth-order valence-corrected chi connectivity index (χ4v) is 7.41. The van der Waals surface area contributed by atoms with Crippen molar-refractivity contribution in [1.82, 2.24) is 9.67 Å². The molecule has 0 radical (unpaired) electrons. The van der Waals surface area contributed by atoms with Crippen LogP contribution in [0.1, 0.15) is 22.5 Å². The lowest BCUT2D eigenvalue weighted by Crippen LogP contribution is -2.76. The highest BCUT2D eigenvalue weighted by molar-refractivity contribution is 6.04. The minimum Gasteiger partial charge on any atom is -0.455 e. The highest BCUT2D eigenvalue weighted by Gasteiger charge is 2.72. The fraction of sp³-hybridized carbons (Fsp3) is 0.0882. The van der Waals surface area contributed by atoms with Crippen LogP contribution in [0.15, 0.2) is 102 Å². The molecule has 7 aromatic rings. The third kappa shape index (κ3) is 2.33. The second-order valence-corrected chi connectivity index (χ2v) is 10.9. The maximum atomic E-state index is 6.55. The first-order chi connectivity index (χ1) is 20.2. The lowest BCUT2D eigenvalue weighted by atomic mass is 9.85. The van der Waals surface area contributed by atoms with Crippen LogP contribution in [0, 0.1) is 13.8 Å². The van der Waals surface area contributed by atoms with Crippen molar-refractivity contribution < 1.29 is 23.1 Å². The Bertz CT molecular complexity index is 2300. The van der Waals surface area contributed by atoms with E-state index in [1.807, 2.05) is 48.5 Å². The average Bonchev–Trinajstić information content (AvgIpc) is 3.61. The Kier molecular flexibility index (Phi) is 3.66. The van der Waals surface area contributed by atoms with Gasteiger partial charge in [0.2, 0.25) is 11.4 Å². The van der Waals surface area contributed by atoms with E-state index in [4.69, 9.17) is 18.9 Å². The highest BCUT2D eigenvalue weighted by Crippen LogP contribution is 2.56. The molecular formula is C34H22N4O3+2. The molecule has 1 atom stereocenters. The monoisotopic (exact) mass is 534 g/mol. The summed E-state index contributed by atoms with van der Waals surface area (Å²) in [6.07, 6.45) is 2.10. The van der Waals surface area contributed by atoms with Crippen molar-refractivity contribution in [2.24, 2.45) is 0 Å². The molecule has 3 aliphatic heterocycles. The van der Waals surface area contributed by atoms with Crippen LogP contribution in [-0.4, -0.2) is 9.67 Å². The van der Waals surface area contributed by atoms with Crippen LogP contribution in [0.5, 0.6) is 23.1 Å². The summed E-state index contributed by atoms with van der Waals surface area (Å²) in [6, 6.07) is 30.8. The number of para-hydroxylation sites is 1. The minimum absolute atomic E-state index is 0.643. The van der Waals surface area contributed by atoms with Gasteiger partial charge in [0, 0.05) is 23.8 Å². The number of furan rings is 1. The van der Waals surface area contributed by atoms with E-state index >= 15 is 0 Å². The summed E-state index contributed by atoms with van der Waals surface area (Å²) in [7, 11) is 0. The molecule has 41 heavy (non-hydrogen) atoms. The van der Waals surface area contributed by atoms with Gasteiger partial charge in [-0.25, -0.2) is 4.98 Å². The number of ether oxygens (including phenoxy) is 2. The van der Waals surface area contributed by atoms with Gasteiger partial charge in [0.05, 0.1) is 23.0 Å². The maximum Gasteiger partial charge on any atom is 0.452 e. The molecular weight excluding hydrogens is 512 g/mol. The molecule has 10 rings (SSSR count). The smallest absolute Gasteiger partial charge is 0.452 e. The van der Waals surface area contributed by atoms with Crippen molar-refractivity contribution in [3.05, 3.63) is 120 Å². The number of benzene rings is 3. The average molecular weight is 535 g/mol. The van der Waals surface area contributed by atoms with E-state index in [2.05, 4.69) is 76.4 Å². The van der Waals surface area contributed by atoms with Crippen molar-refractivity contribution in [3.63, 3.8) is 0 Å². The molecule has 0 amide bonds. The second kappa shape index (κ2) is 7.01. The molecule has 0 bridgehead atoms. The molecule has 7 heteroatoms. The van der Waals surface area contributed by atoms with Crippen LogP contribution in [0.2, 0.25) is 0 Å². The lowest BCUT2D eigenvalue weighted by molar-refractivity contribution is -0.999. The van der Waals surface area contributed by atoms with Gasteiger partial charge >= 0.3 is 11.5 Å². The van der Waals surface area contributed by atoms with E-state index in [1.165, 1.54) is 0 Å². The summed E-state index contributed by atoms with van der Waals surface area (Å²) in [5, 5.41) is 2.09. The normalized spacial score (nSPS) is 17.0. The van der Waals surface area contributed by atoms with E-state index in [1.54, 1.807) is 0 Å². The summed E-state index contributed by atoms with van der Waals surface area (Å²) in [5.41, 5.74) is 8.02. The quantitative estimate of drug-likeness (QED) is 0.227. The molecule has 0 N–H and O–H groups in total. The van der Waals surface area contributed by atoms with Crippen LogP contribution in [-0.2, 0) is 5.66 Å². The van der Waals surface area contributed by atoms with Gasteiger partial charge in [-0.15, -0.1) is 4.68 Å². The van der Waals surface area contributed by atoms with Gasteiger partial charge in [-0.1, -0.05) is 34.9 Å². The Balaban J connectivity index is 1.34. The van der Waals surface area contributed by atoms with Gasteiger partial charge in [-0.2, -0.15) is 0 Å². The first kappa shape index (κ1) is 21.4. The SMILES string of the molecule is Cc1c(-c2ccc3c(n2)oc2ccccc23)c(C)[n+]2n1-c1cccc3c1C21c2c(cccc2Oc2cccc[n+]21)O3. The second-order valence-electron chi connectivity index (χ2n) is 10.9. The third-order valence-electron chi connectivity index (χ3n) is 8.89. The van der Waals surface area contributed by atoms with Gasteiger partial charge < -0.3 is 13.9 Å². The fourth-order valence-electron chi connectivity index (χ4n) is 7.41. The predicted octanol–water partition coefficient (Wildman–Crippen LogP) is 6.45. The third-order valence-corrected chi connectivity index (χ3v) is 8.89. The Morgan fingerprint density at radius 2 is 1.51 bits per heavy atom. The summed E-state index contributed by atoms with van der Waals surface area (Å²) in [5.74, 6) is 3.19. The van der Waals surface area contributed by atoms with Gasteiger partial charge in [0.25, 0.3) is 0 Å². The van der Waals surface area contributed by atoms with Gasteiger partial charge in [-0.05, 0) is 60.1 Å². The summed E-state index contributed by atoms with van der Waals surface area (Å²) < 4.78 is 26.2. The molecule has 3 aromatic carbocycles. The molecule has 0 saturated carbocycles. The summed E-state index contributed by atoms with van der Waals surface area (Å²) >= 11 is 0. The maximum absolute atomic E-state index is 6.55. The summed E-state index contributed by atoms with van der Waals surface area (Å²) in [4.78, 5) is 5.07. The van der Waals surface area contributed by atoms with Gasteiger partial charge in [-0.3, -0.25) is 0 Å². The number of fused-ring (bicyclic) bond motifs is 6. The number of pyridine rings is 2. The Morgan fingerprint density at radius 1 is 0.732 bits per heavy atom. The molecule has 0 saturated heterocycles. The van der Waals surface area contributed by atoms with Crippen LogP contribution in [0.4, 0.5) is 0 Å². The van der Waals surface area contributed by atoms with Gasteiger partial charge in [0.1, 0.15) is 22.8 Å². The molecule has 1 unspecified atom stereocenters. The Labute approximate surface area is 234 Å². The number of rotatable bonds is 1. The van der Waals surface area contributed by atoms with E-state index in [0.29, 0.717) is 5.71 Å². The van der Waals surface area contributed by atoms with Crippen LogP contribution in [0.25, 0.3) is 39.0 Å². The molecule has 7 nitrogen and oxygen atoms in total. The zero-order valence-corrected chi connectivity index (χ0v) is 22.3. The zero-order valence-electron chi connectivity index (χ0n) is 22.3. The van der Waals surface area contributed by atoms with Crippen molar-refractivity contribution in [2.75, 3.05) is 0 Å². The number of nitrogens with zero attached hydrogens (tertiary/aromatic N) is 4. The Morgan fingerprint density at radius 3 is 2.41 bits per heavy atom.